The van der Waals surface area contributed by atoms with E-state index in [2.05, 4.69) is 4.98 Å². The van der Waals surface area contributed by atoms with Crippen LogP contribution in [0.15, 0.2) is 28.9 Å². The molecular weight excluding hydrogens is 290 g/mol. The van der Waals surface area contributed by atoms with Crippen LogP contribution in [0.2, 0.25) is 5.15 Å². The van der Waals surface area contributed by atoms with E-state index in [1.54, 1.807) is 12.1 Å². The molecule has 2 heterocycles. The van der Waals surface area contributed by atoms with Crippen molar-refractivity contribution in [3.05, 3.63) is 40.8 Å². The van der Waals surface area contributed by atoms with Gasteiger partial charge in [-0.3, -0.25) is 0 Å². The third kappa shape index (κ3) is 2.47. The molecule has 0 bridgehead atoms. The van der Waals surface area contributed by atoms with Crippen molar-refractivity contribution < 1.29 is 17.9 Å². The average molecular weight is 301 g/mol. The van der Waals surface area contributed by atoms with Crippen molar-refractivity contribution in [2.75, 3.05) is 0 Å². The summed E-state index contributed by atoms with van der Waals surface area (Å²) in [5, 5.41) is 11.4. The van der Waals surface area contributed by atoms with Gasteiger partial charge in [0.2, 0.25) is 5.92 Å². The van der Waals surface area contributed by atoms with Crippen LogP contribution in [0.5, 0.6) is 0 Å². The number of halogens is 3. The van der Waals surface area contributed by atoms with E-state index in [1.165, 1.54) is 12.4 Å². The quantitative estimate of drug-likeness (QED) is 0.497. The van der Waals surface area contributed by atoms with E-state index in [1.807, 2.05) is 0 Å². The summed E-state index contributed by atoms with van der Waals surface area (Å²) in [6.45, 7) is 0. The molecule has 0 atom stereocenters. The number of oxazole rings is 1. The molecule has 1 aliphatic rings. The van der Waals surface area contributed by atoms with Gasteiger partial charge in [-0.2, -0.15) is 4.73 Å². The maximum Gasteiger partial charge on any atom is 0.297 e. The molecule has 3 rings (SSSR count). The summed E-state index contributed by atoms with van der Waals surface area (Å²) >= 11 is 5.88. The van der Waals surface area contributed by atoms with Gasteiger partial charge in [-0.25, -0.2) is 13.8 Å². The second kappa shape index (κ2) is 4.70. The Bertz CT molecular complexity index is 637. The number of rotatable bonds is 3. The summed E-state index contributed by atoms with van der Waals surface area (Å²) in [6, 6.07) is 3.18. The molecule has 0 aliphatic heterocycles. The van der Waals surface area contributed by atoms with Gasteiger partial charge in [-0.05, 0) is 23.6 Å². The fourth-order valence-corrected chi connectivity index (χ4v) is 2.57. The maximum atomic E-state index is 12.8. The molecule has 0 N–H and O–H groups in total. The van der Waals surface area contributed by atoms with Gasteiger partial charge in [0.25, 0.3) is 5.15 Å². The fourth-order valence-electron chi connectivity index (χ4n) is 2.36. The molecule has 2 aromatic heterocycles. The zero-order chi connectivity index (χ0) is 14.3. The zero-order valence-corrected chi connectivity index (χ0v) is 11.1. The summed E-state index contributed by atoms with van der Waals surface area (Å²) in [5.41, 5.74) is 0.432. The Labute approximate surface area is 118 Å². The molecular formula is C13H11ClF2N2O2. The Morgan fingerprint density at radius 1 is 1.50 bits per heavy atom. The van der Waals surface area contributed by atoms with Crippen molar-refractivity contribution in [3.63, 3.8) is 0 Å². The van der Waals surface area contributed by atoms with Gasteiger partial charge in [-0.1, -0.05) is 0 Å². The topological polar surface area (TPSA) is 53.0 Å². The average Bonchev–Trinajstić information content (AvgIpc) is 2.79. The number of alkyl halides is 2. The lowest BCUT2D eigenvalue weighted by Crippen LogP contribution is -2.36. The lowest BCUT2D eigenvalue weighted by molar-refractivity contribution is -0.602. The molecule has 2 aromatic rings. The van der Waals surface area contributed by atoms with Crippen molar-refractivity contribution in [3.8, 4) is 11.3 Å². The fraction of sp³-hybridized carbons (Fsp3) is 0.385. The minimum Gasteiger partial charge on any atom is -0.618 e. The van der Waals surface area contributed by atoms with Crippen LogP contribution in [-0.4, -0.2) is 10.9 Å². The highest BCUT2D eigenvalue weighted by Crippen LogP contribution is 2.44. The van der Waals surface area contributed by atoms with Crippen LogP contribution in [-0.2, 0) is 6.42 Å². The van der Waals surface area contributed by atoms with Gasteiger partial charge in [0.1, 0.15) is 5.56 Å². The second-order valence-corrected chi connectivity index (χ2v) is 5.35. The number of aromatic nitrogens is 2. The highest BCUT2D eigenvalue weighted by molar-refractivity contribution is 6.31. The third-order valence-corrected chi connectivity index (χ3v) is 3.73. The molecule has 0 unspecified atom stereocenters. The minimum absolute atomic E-state index is 0.00891. The molecule has 106 valence electrons. The molecule has 0 spiro atoms. The second-order valence-electron chi connectivity index (χ2n) is 4.99. The molecule has 7 heteroatoms. The lowest BCUT2D eigenvalue weighted by atomic mass is 9.79. The number of pyridine rings is 1. The van der Waals surface area contributed by atoms with E-state index in [-0.39, 0.29) is 23.9 Å². The van der Waals surface area contributed by atoms with Gasteiger partial charge in [0, 0.05) is 25.3 Å². The van der Waals surface area contributed by atoms with Crippen LogP contribution >= 0.6 is 11.6 Å². The number of hydrogen-bond donors (Lipinski definition) is 0. The highest BCUT2D eigenvalue weighted by atomic mass is 35.5. The van der Waals surface area contributed by atoms with Crippen LogP contribution in [0.4, 0.5) is 8.78 Å². The monoisotopic (exact) mass is 300 g/mol. The molecule has 1 saturated carbocycles. The first-order chi connectivity index (χ1) is 9.44. The number of nitrogens with zero attached hydrogens (tertiary/aromatic N) is 2. The van der Waals surface area contributed by atoms with E-state index in [0.717, 1.165) is 0 Å². The van der Waals surface area contributed by atoms with Crippen LogP contribution < -0.4 is 4.73 Å². The van der Waals surface area contributed by atoms with Gasteiger partial charge < -0.3 is 9.62 Å². The Morgan fingerprint density at radius 2 is 2.25 bits per heavy atom. The van der Waals surface area contributed by atoms with Crippen molar-refractivity contribution >= 4 is 11.6 Å². The van der Waals surface area contributed by atoms with Crippen LogP contribution in [0.1, 0.15) is 18.7 Å². The molecule has 20 heavy (non-hydrogen) atoms. The van der Waals surface area contributed by atoms with Gasteiger partial charge in [-0.15, -0.1) is 0 Å². The van der Waals surface area contributed by atoms with Gasteiger partial charge >= 0.3 is 0 Å². The Hall–Kier alpha value is -1.69. The smallest absolute Gasteiger partial charge is 0.297 e. The molecule has 0 radical (unpaired) electrons. The molecule has 0 aromatic carbocycles. The SMILES string of the molecule is [O-][n+]1cccc(-c2cnc(CC3CC(F)(F)C3)o2)c1Cl. The molecule has 0 amide bonds. The lowest BCUT2D eigenvalue weighted by Gasteiger charge is -2.34. The Kier molecular flexibility index (Phi) is 3.12. The molecule has 1 fully saturated rings. The summed E-state index contributed by atoms with van der Waals surface area (Å²) < 4.78 is 31.5. The van der Waals surface area contributed by atoms with Crippen LogP contribution in [0.25, 0.3) is 11.3 Å². The molecule has 4 nitrogen and oxygen atoms in total. The maximum absolute atomic E-state index is 12.8. The van der Waals surface area contributed by atoms with E-state index < -0.39 is 5.92 Å². The van der Waals surface area contributed by atoms with Crippen molar-refractivity contribution in [2.24, 2.45) is 5.92 Å². The molecule has 1 aliphatic carbocycles. The Morgan fingerprint density at radius 3 is 2.95 bits per heavy atom. The summed E-state index contributed by atoms with van der Waals surface area (Å²) in [7, 11) is 0. The van der Waals surface area contributed by atoms with E-state index in [9.17, 15) is 14.0 Å². The van der Waals surface area contributed by atoms with Crippen molar-refractivity contribution in [1.29, 1.82) is 0 Å². The first-order valence-corrected chi connectivity index (χ1v) is 6.53. The molecule has 0 saturated heterocycles. The first kappa shape index (κ1) is 13.3. The van der Waals surface area contributed by atoms with E-state index in [4.69, 9.17) is 16.0 Å². The summed E-state index contributed by atoms with van der Waals surface area (Å²) in [6.07, 6.45) is 2.85. The highest BCUT2D eigenvalue weighted by Gasteiger charge is 2.45. The summed E-state index contributed by atoms with van der Waals surface area (Å²) in [4.78, 5) is 4.05. The third-order valence-electron chi connectivity index (χ3n) is 3.36. The van der Waals surface area contributed by atoms with Crippen LogP contribution in [0.3, 0.4) is 0 Å². The van der Waals surface area contributed by atoms with E-state index >= 15 is 0 Å². The zero-order valence-electron chi connectivity index (χ0n) is 10.4. The minimum atomic E-state index is -2.54. The van der Waals surface area contributed by atoms with Gasteiger partial charge in [0.05, 0.1) is 6.20 Å². The number of hydrogen-bond acceptors (Lipinski definition) is 3. The Balaban J connectivity index is 1.75. The van der Waals surface area contributed by atoms with Crippen molar-refractivity contribution in [1.82, 2.24) is 4.98 Å². The summed E-state index contributed by atoms with van der Waals surface area (Å²) in [5.74, 6) is -1.90. The standard InChI is InChI=1S/C13H11ClF2N2O2/c14-12-9(2-1-3-18(12)19)10-7-17-11(20-10)4-8-5-13(15,16)6-8/h1-3,7-8H,4-6H2. The van der Waals surface area contributed by atoms with Crippen molar-refractivity contribution in [2.45, 2.75) is 25.2 Å². The normalized spacial score (nSPS) is 17.9. The predicted octanol–water partition coefficient (Wildman–Crippen LogP) is 3.22. The van der Waals surface area contributed by atoms with Crippen LogP contribution in [0, 0.1) is 11.1 Å². The largest absolute Gasteiger partial charge is 0.618 e. The predicted molar refractivity (Wildman–Crippen MR) is 67.3 cm³/mol. The first-order valence-electron chi connectivity index (χ1n) is 6.15. The van der Waals surface area contributed by atoms with Gasteiger partial charge in [0.15, 0.2) is 17.8 Å². The van der Waals surface area contributed by atoms with E-state index in [0.29, 0.717) is 28.4 Å².